The third-order valence-electron chi connectivity index (χ3n) is 3.67. The van der Waals surface area contributed by atoms with Crippen LogP contribution in [0.4, 0.5) is 5.00 Å². The number of rotatable bonds is 4. The maximum absolute atomic E-state index is 12.1. The molecular weight excluding hydrogens is 274 g/mol. The van der Waals surface area contributed by atoms with Gasteiger partial charge in [0, 0.05) is 11.8 Å². The highest BCUT2D eigenvalue weighted by molar-refractivity contribution is 7.14. The fourth-order valence-electron chi connectivity index (χ4n) is 3.06. The molecule has 20 heavy (non-hydrogen) atoms. The molecule has 0 radical (unpaired) electrons. The van der Waals surface area contributed by atoms with Crippen molar-refractivity contribution in [2.45, 2.75) is 20.3 Å². The molecule has 1 aliphatic heterocycles. The van der Waals surface area contributed by atoms with E-state index in [1.54, 1.807) is 11.4 Å². The summed E-state index contributed by atoms with van der Waals surface area (Å²) in [5.41, 5.74) is 5.65. The van der Waals surface area contributed by atoms with Gasteiger partial charge < -0.3 is 16.0 Å². The summed E-state index contributed by atoms with van der Waals surface area (Å²) < 4.78 is 0. The predicted octanol–water partition coefficient (Wildman–Crippen LogP) is 0.346. The molecule has 1 aromatic heterocycles. The molecule has 0 spiro atoms. The molecule has 4 N–H and O–H groups in total. The molecule has 1 unspecified atom stereocenters. The lowest BCUT2D eigenvalue weighted by molar-refractivity contribution is -0.904. The summed E-state index contributed by atoms with van der Waals surface area (Å²) in [6.07, 6.45) is 1.24. The summed E-state index contributed by atoms with van der Waals surface area (Å²) in [6, 6.07) is 1.64. The molecule has 0 aliphatic carbocycles. The van der Waals surface area contributed by atoms with Gasteiger partial charge in [0.1, 0.15) is 5.00 Å². The number of quaternary nitrogens is 1. The van der Waals surface area contributed by atoms with Crippen LogP contribution in [0.25, 0.3) is 0 Å². The average Bonchev–Trinajstić information content (AvgIpc) is 2.75. The average molecular weight is 296 g/mol. The highest BCUT2D eigenvalue weighted by Crippen LogP contribution is 2.22. The number of amides is 2. The molecule has 0 saturated carbocycles. The molecular formula is C14H22N3O2S+. The highest BCUT2D eigenvalue weighted by atomic mass is 32.1. The zero-order chi connectivity index (χ0) is 14.7. The number of likely N-dealkylation sites (tertiary alicyclic amines) is 1. The Morgan fingerprint density at radius 2 is 2.05 bits per heavy atom. The summed E-state index contributed by atoms with van der Waals surface area (Å²) >= 11 is 1.33. The normalized spacial score (nSPS) is 26.2. The number of carbonyl (C=O) groups excluding carboxylic acids is 2. The Labute approximate surface area is 123 Å². The number of hydrogen-bond acceptors (Lipinski definition) is 3. The van der Waals surface area contributed by atoms with Crippen LogP contribution in [-0.4, -0.2) is 31.4 Å². The van der Waals surface area contributed by atoms with Crippen LogP contribution in [0.2, 0.25) is 0 Å². The van der Waals surface area contributed by atoms with Crippen molar-refractivity contribution in [3.05, 3.63) is 17.0 Å². The van der Waals surface area contributed by atoms with E-state index in [0.717, 1.165) is 13.1 Å². The highest BCUT2D eigenvalue weighted by Gasteiger charge is 2.27. The van der Waals surface area contributed by atoms with Crippen LogP contribution in [0.1, 0.15) is 30.6 Å². The van der Waals surface area contributed by atoms with E-state index in [1.165, 1.54) is 22.7 Å². The van der Waals surface area contributed by atoms with E-state index in [0.29, 0.717) is 28.9 Å². The molecule has 1 saturated heterocycles. The zero-order valence-corrected chi connectivity index (χ0v) is 12.8. The molecule has 2 rings (SSSR count). The molecule has 6 heteroatoms. The van der Waals surface area contributed by atoms with E-state index in [1.807, 2.05) is 0 Å². The summed E-state index contributed by atoms with van der Waals surface area (Å²) in [6.45, 7) is 6.98. The van der Waals surface area contributed by atoms with Gasteiger partial charge in [-0.3, -0.25) is 9.59 Å². The second kappa shape index (κ2) is 6.37. The Morgan fingerprint density at radius 1 is 1.40 bits per heavy atom. The lowest BCUT2D eigenvalue weighted by Gasteiger charge is -2.31. The molecule has 0 aromatic carbocycles. The Morgan fingerprint density at radius 3 is 2.65 bits per heavy atom. The number of nitrogens with two attached hydrogens (primary N) is 1. The first-order valence-electron chi connectivity index (χ1n) is 6.96. The van der Waals surface area contributed by atoms with Gasteiger partial charge in [0.2, 0.25) is 0 Å². The molecule has 5 nitrogen and oxygen atoms in total. The number of anilines is 1. The second-order valence-electron chi connectivity index (χ2n) is 5.86. The van der Waals surface area contributed by atoms with Gasteiger partial charge in [0.15, 0.2) is 6.54 Å². The maximum Gasteiger partial charge on any atom is 0.280 e. The van der Waals surface area contributed by atoms with Crippen molar-refractivity contribution >= 4 is 28.2 Å². The number of primary amides is 1. The van der Waals surface area contributed by atoms with Crippen molar-refractivity contribution in [2.24, 2.45) is 17.6 Å². The topological polar surface area (TPSA) is 76.6 Å². The second-order valence-corrected chi connectivity index (χ2v) is 6.77. The van der Waals surface area contributed by atoms with E-state index >= 15 is 0 Å². The monoisotopic (exact) mass is 296 g/mol. The quantitative estimate of drug-likeness (QED) is 0.749. The Bertz CT molecular complexity index is 490. The minimum Gasteiger partial charge on any atom is -0.366 e. The fraction of sp³-hybridized carbons (Fsp3) is 0.571. The zero-order valence-electron chi connectivity index (χ0n) is 11.9. The van der Waals surface area contributed by atoms with Crippen molar-refractivity contribution in [2.75, 3.05) is 25.0 Å². The number of thiophene rings is 1. The molecule has 2 heterocycles. The summed E-state index contributed by atoms with van der Waals surface area (Å²) in [7, 11) is 0. The van der Waals surface area contributed by atoms with Crippen molar-refractivity contribution in [3.8, 4) is 0 Å². The van der Waals surface area contributed by atoms with Gasteiger partial charge in [-0.2, -0.15) is 0 Å². The Hall–Kier alpha value is -1.40. The first-order valence-corrected chi connectivity index (χ1v) is 7.84. The molecule has 1 fully saturated rings. The van der Waals surface area contributed by atoms with Gasteiger partial charge in [-0.1, -0.05) is 13.8 Å². The lowest BCUT2D eigenvalue weighted by atomic mass is 9.92. The summed E-state index contributed by atoms with van der Waals surface area (Å²) in [5.74, 6) is 0.759. The van der Waals surface area contributed by atoms with Crippen molar-refractivity contribution < 1.29 is 14.5 Å². The van der Waals surface area contributed by atoms with Crippen LogP contribution in [0, 0.1) is 11.8 Å². The van der Waals surface area contributed by atoms with E-state index in [2.05, 4.69) is 19.2 Å². The van der Waals surface area contributed by atoms with Crippen LogP contribution < -0.4 is 16.0 Å². The van der Waals surface area contributed by atoms with Gasteiger partial charge in [-0.15, -0.1) is 11.3 Å². The van der Waals surface area contributed by atoms with E-state index < -0.39 is 5.91 Å². The van der Waals surface area contributed by atoms with Gasteiger partial charge in [0.05, 0.1) is 18.7 Å². The van der Waals surface area contributed by atoms with Crippen LogP contribution in [0.5, 0.6) is 0 Å². The van der Waals surface area contributed by atoms with Gasteiger partial charge in [0.25, 0.3) is 11.8 Å². The predicted molar refractivity (Wildman–Crippen MR) is 80.0 cm³/mol. The first-order chi connectivity index (χ1) is 9.45. The number of carbonyl (C=O) groups is 2. The Kier molecular flexibility index (Phi) is 4.77. The van der Waals surface area contributed by atoms with Crippen molar-refractivity contribution in [1.29, 1.82) is 0 Å². The third-order valence-corrected chi connectivity index (χ3v) is 4.50. The largest absolute Gasteiger partial charge is 0.366 e. The molecule has 2 amide bonds. The van der Waals surface area contributed by atoms with Crippen LogP contribution >= 0.6 is 11.3 Å². The number of piperidine rings is 1. The molecule has 110 valence electrons. The summed E-state index contributed by atoms with van der Waals surface area (Å²) in [5, 5.41) is 5.12. The lowest BCUT2D eigenvalue weighted by Crippen LogP contribution is -3.15. The summed E-state index contributed by atoms with van der Waals surface area (Å²) in [4.78, 5) is 24.6. The van der Waals surface area contributed by atoms with E-state index in [9.17, 15) is 9.59 Å². The molecule has 1 aromatic rings. The minimum atomic E-state index is -0.505. The van der Waals surface area contributed by atoms with Crippen LogP contribution in [-0.2, 0) is 4.79 Å². The number of hydrogen-bond donors (Lipinski definition) is 3. The van der Waals surface area contributed by atoms with E-state index in [4.69, 9.17) is 5.73 Å². The smallest absolute Gasteiger partial charge is 0.280 e. The first kappa shape index (κ1) is 15.0. The molecule has 3 atom stereocenters. The number of nitrogens with one attached hydrogen (secondary N) is 2. The van der Waals surface area contributed by atoms with Crippen LogP contribution in [0.3, 0.4) is 0 Å². The molecule has 0 bridgehead atoms. The Balaban J connectivity index is 1.92. The standard InChI is InChI=1S/C14H21N3O2S/c1-9-5-10(2)7-17(6-9)8-12(18)16-14-11(13(15)19)3-4-20-14/h3-4,9-10H,5-8H2,1-2H3,(H2,15,19)(H,16,18)/p+1/t9-,10+. The van der Waals surface area contributed by atoms with Gasteiger partial charge in [-0.25, -0.2) is 0 Å². The maximum atomic E-state index is 12.1. The SMILES string of the molecule is C[C@@H]1C[C@H](C)C[NH+](CC(=O)Nc2sccc2C(N)=O)C1. The van der Waals surface area contributed by atoms with Crippen molar-refractivity contribution in [3.63, 3.8) is 0 Å². The van der Waals surface area contributed by atoms with Crippen molar-refractivity contribution in [1.82, 2.24) is 0 Å². The van der Waals surface area contributed by atoms with Gasteiger partial charge >= 0.3 is 0 Å². The van der Waals surface area contributed by atoms with E-state index in [-0.39, 0.29) is 5.91 Å². The van der Waals surface area contributed by atoms with Gasteiger partial charge in [-0.05, 0) is 17.9 Å². The third kappa shape index (κ3) is 3.80. The fourth-order valence-corrected chi connectivity index (χ4v) is 3.87. The molecule has 1 aliphatic rings. The minimum absolute atomic E-state index is 0.0498. The van der Waals surface area contributed by atoms with Crippen LogP contribution in [0.15, 0.2) is 11.4 Å².